The van der Waals surface area contributed by atoms with E-state index in [1.54, 1.807) is 0 Å². The number of hydrogen-bond acceptors (Lipinski definition) is 3. The first kappa shape index (κ1) is 19.0. The Labute approximate surface area is 135 Å². The number of unbranched alkanes of at least 4 members (excludes halogenated alkanes) is 9. The number of hydrogen-bond donors (Lipinski definition) is 1. The van der Waals surface area contributed by atoms with E-state index in [-0.39, 0.29) is 11.9 Å². The zero-order valence-corrected chi connectivity index (χ0v) is 14.2. The summed E-state index contributed by atoms with van der Waals surface area (Å²) in [6, 6.07) is -0.413. The van der Waals surface area contributed by atoms with Crippen molar-refractivity contribution in [2.24, 2.45) is 0 Å². The molecular weight excluding hydrogens is 278 g/mol. The number of amides is 1. The maximum atomic E-state index is 11.8. The summed E-state index contributed by atoms with van der Waals surface area (Å²) in [6.45, 7) is 2.73. The van der Waals surface area contributed by atoms with Crippen LogP contribution in [0.1, 0.15) is 90.4 Å². The van der Waals surface area contributed by atoms with E-state index in [2.05, 4.69) is 12.2 Å². The fourth-order valence-electron chi connectivity index (χ4n) is 2.85. The van der Waals surface area contributed by atoms with Crippen molar-refractivity contribution in [1.29, 1.82) is 0 Å². The lowest BCUT2D eigenvalue weighted by atomic mass is 10.0. The highest BCUT2D eigenvalue weighted by Gasteiger charge is 2.25. The Balaban J connectivity index is 1.86. The van der Waals surface area contributed by atoms with Crippen LogP contribution in [0.4, 0.5) is 0 Å². The highest BCUT2D eigenvalue weighted by atomic mass is 16.5. The molecule has 1 aliphatic rings. The maximum Gasteiger partial charge on any atom is 0.328 e. The molecule has 1 heterocycles. The van der Waals surface area contributed by atoms with Gasteiger partial charge in [0.05, 0.1) is 6.61 Å². The van der Waals surface area contributed by atoms with Gasteiger partial charge in [-0.15, -0.1) is 0 Å². The van der Waals surface area contributed by atoms with Gasteiger partial charge in [-0.1, -0.05) is 64.7 Å². The molecule has 4 nitrogen and oxygen atoms in total. The van der Waals surface area contributed by atoms with Crippen LogP contribution in [0, 0.1) is 0 Å². The SMILES string of the molecule is CCCCCCCCCCCCOC(=O)C1CCCC(=O)N1. The minimum atomic E-state index is -0.413. The molecule has 0 radical (unpaired) electrons. The normalized spacial score (nSPS) is 18.0. The molecule has 1 amide bonds. The van der Waals surface area contributed by atoms with Crippen LogP contribution in [-0.4, -0.2) is 24.5 Å². The Bertz CT molecular complexity index is 317. The molecule has 4 heteroatoms. The van der Waals surface area contributed by atoms with Crippen LogP contribution in [0.15, 0.2) is 0 Å². The first-order chi connectivity index (χ1) is 10.7. The second kappa shape index (κ2) is 12.5. The molecule has 22 heavy (non-hydrogen) atoms. The minimum Gasteiger partial charge on any atom is -0.464 e. The highest BCUT2D eigenvalue weighted by Crippen LogP contribution is 2.12. The van der Waals surface area contributed by atoms with E-state index in [1.165, 1.54) is 51.4 Å². The lowest BCUT2D eigenvalue weighted by molar-refractivity contribution is -0.149. The van der Waals surface area contributed by atoms with Crippen LogP contribution in [0.5, 0.6) is 0 Å². The average Bonchev–Trinajstić information content (AvgIpc) is 2.52. The summed E-state index contributed by atoms with van der Waals surface area (Å²) < 4.78 is 5.25. The summed E-state index contributed by atoms with van der Waals surface area (Å²) in [4.78, 5) is 23.0. The van der Waals surface area contributed by atoms with Crippen molar-refractivity contribution in [2.45, 2.75) is 96.4 Å². The number of carbonyl (C=O) groups excluding carboxylic acids is 2. The quantitative estimate of drug-likeness (QED) is 0.436. The van der Waals surface area contributed by atoms with Crippen molar-refractivity contribution in [3.05, 3.63) is 0 Å². The topological polar surface area (TPSA) is 55.4 Å². The van der Waals surface area contributed by atoms with Crippen molar-refractivity contribution < 1.29 is 14.3 Å². The van der Waals surface area contributed by atoms with Gasteiger partial charge >= 0.3 is 5.97 Å². The summed E-state index contributed by atoms with van der Waals surface area (Å²) in [5.74, 6) is -0.295. The number of nitrogens with one attached hydrogen (secondary N) is 1. The fraction of sp³-hybridized carbons (Fsp3) is 0.889. The van der Waals surface area contributed by atoms with E-state index in [0.29, 0.717) is 19.4 Å². The highest BCUT2D eigenvalue weighted by molar-refractivity contribution is 5.85. The van der Waals surface area contributed by atoms with Crippen molar-refractivity contribution in [3.8, 4) is 0 Å². The van der Waals surface area contributed by atoms with Gasteiger partial charge < -0.3 is 10.1 Å². The molecule has 0 aromatic carbocycles. The number of piperidine rings is 1. The summed E-state index contributed by atoms with van der Waals surface area (Å²) in [6.07, 6.45) is 14.7. The molecule has 1 rings (SSSR count). The molecule has 128 valence electrons. The zero-order chi connectivity index (χ0) is 16.0. The van der Waals surface area contributed by atoms with E-state index >= 15 is 0 Å². The largest absolute Gasteiger partial charge is 0.464 e. The second-order valence-corrected chi connectivity index (χ2v) is 6.36. The lowest BCUT2D eigenvalue weighted by Gasteiger charge is -2.21. The Morgan fingerprint density at radius 3 is 2.23 bits per heavy atom. The van der Waals surface area contributed by atoms with Gasteiger partial charge in [-0.05, 0) is 19.3 Å². The number of esters is 1. The second-order valence-electron chi connectivity index (χ2n) is 6.36. The zero-order valence-electron chi connectivity index (χ0n) is 14.2. The Kier molecular flexibility index (Phi) is 10.8. The van der Waals surface area contributed by atoms with Gasteiger partial charge in [0.2, 0.25) is 5.91 Å². The smallest absolute Gasteiger partial charge is 0.328 e. The molecule has 1 saturated heterocycles. The molecule has 1 N–H and O–H groups in total. The first-order valence-corrected chi connectivity index (χ1v) is 9.20. The summed E-state index contributed by atoms with van der Waals surface area (Å²) >= 11 is 0. The fourth-order valence-corrected chi connectivity index (χ4v) is 2.85. The summed E-state index contributed by atoms with van der Waals surface area (Å²) in [7, 11) is 0. The predicted octanol–water partition coefficient (Wildman–Crippen LogP) is 4.12. The molecule has 0 aromatic heterocycles. The Morgan fingerprint density at radius 1 is 1.05 bits per heavy atom. The van der Waals surface area contributed by atoms with Gasteiger partial charge in [-0.3, -0.25) is 4.79 Å². The van der Waals surface area contributed by atoms with Gasteiger partial charge in [0.25, 0.3) is 0 Å². The predicted molar refractivity (Wildman–Crippen MR) is 88.6 cm³/mol. The van der Waals surface area contributed by atoms with E-state index in [1.807, 2.05) is 0 Å². The standard InChI is InChI=1S/C18H33NO3/c1-2-3-4-5-6-7-8-9-10-11-15-22-18(21)16-13-12-14-17(20)19-16/h16H,2-15H2,1H3,(H,19,20). The van der Waals surface area contributed by atoms with Crippen LogP contribution in [0.2, 0.25) is 0 Å². The third-order valence-corrected chi connectivity index (χ3v) is 4.26. The first-order valence-electron chi connectivity index (χ1n) is 9.20. The molecular formula is C18H33NO3. The number of carbonyl (C=O) groups is 2. The maximum absolute atomic E-state index is 11.8. The van der Waals surface area contributed by atoms with Crippen LogP contribution in [0.3, 0.4) is 0 Å². The van der Waals surface area contributed by atoms with Crippen molar-refractivity contribution in [1.82, 2.24) is 5.32 Å². The van der Waals surface area contributed by atoms with Gasteiger partial charge in [-0.2, -0.15) is 0 Å². The van der Waals surface area contributed by atoms with E-state index < -0.39 is 6.04 Å². The van der Waals surface area contributed by atoms with Gasteiger partial charge in [0.15, 0.2) is 0 Å². The summed E-state index contributed by atoms with van der Waals surface area (Å²) in [5.41, 5.74) is 0. The summed E-state index contributed by atoms with van der Waals surface area (Å²) in [5, 5.41) is 2.69. The molecule has 1 fully saturated rings. The van der Waals surface area contributed by atoms with E-state index in [4.69, 9.17) is 4.74 Å². The number of ether oxygens (including phenoxy) is 1. The van der Waals surface area contributed by atoms with E-state index in [9.17, 15) is 9.59 Å². The van der Waals surface area contributed by atoms with Crippen molar-refractivity contribution >= 4 is 11.9 Å². The van der Waals surface area contributed by atoms with E-state index in [0.717, 1.165) is 19.3 Å². The molecule has 0 bridgehead atoms. The Morgan fingerprint density at radius 2 is 1.64 bits per heavy atom. The molecule has 0 spiro atoms. The third kappa shape index (κ3) is 9.06. The molecule has 1 unspecified atom stereocenters. The van der Waals surface area contributed by atoms with Crippen LogP contribution in [-0.2, 0) is 14.3 Å². The van der Waals surface area contributed by atoms with Gasteiger partial charge in [0, 0.05) is 6.42 Å². The molecule has 0 saturated carbocycles. The van der Waals surface area contributed by atoms with Crippen molar-refractivity contribution in [2.75, 3.05) is 6.61 Å². The lowest BCUT2D eigenvalue weighted by Crippen LogP contribution is -2.44. The van der Waals surface area contributed by atoms with Crippen LogP contribution >= 0.6 is 0 Å². The van der Waals surface area contributed by atoms with Crippen LogP contribution in [0.25, 0.3) is 0 Å². The number of rotatable bonds is 12. The van der Waals surface area contributed by atoms with Crippen LogP contribution < -0.4 is 5.32 Å². The van der Waals surface area contributed by atoms with Gasteiger partial charge in [0.1, 0.15) is 6.04 Å². The molecule has 1 atom stereocenters. The third-order valence-electron chi connectivity index (χ3n) is 4.26. The van der Waals surface area contributed by atoms with Gasteiger partial charge in [-0.25, -0.2) is 4.79 Å². The monoisotopic (exact) mass is 311 g/mol. The minimum absolute atomic E-state index is 0.0351. The molecule has 1 aliphatic heterocycles. The molecule has 0 aliphatic carbocycles. The Hall–Kier alpha value is -1.06. The van der Waals surface area contributed by atoms with Crippen molar-refractivity contribution in [3.63, 3.8) is 0 Å². The average molecular weight is 311 g/mol. The molecule has 0 aromatic rings.